The van der Waals surface area contributed by atoms with E-state index < -0.39 is 0 Å². The number of ether oxygens (including phenoxy) is 1. The van der Waals surface area contributed by atoms with Crippen molar-refractivity contribution in [3.8, 4) is 0 Å². The van der Waals surface area contributed by atoms with Crippen LogP contribution in [0.25, 0.3) is 21.8 Å². The molecule has 1 unspecified atom stereocenters. The number of pyridine rings is 1. The van der Waals surface area contributed by atoms with Crippen LogP contribution in [0.2, 0.25) is 0 Å². The molecule has 0 aliphatic rings. The standard InChI is InChI=1S/C26H26ClN3O2/c1-3-8-25(27)32-16-18-13-19(28-17(2)31)15-20(14-18)29-26-21-9-4-6-11-23(21)30-24-12-7-5-10-22(24)26/h4-7,9-15,25H,3,8,16H2,1-2H3,(H,28,31)(H,29,30). The Balaban J connectivity index is 1.75. The number of rotatable bonds is 8. The van der Waals surface area contributed by atoms with Crippen molar-refractivity contribution in [3.63, 3.8) is 0 Å². The van der Waals surface area contributed by atoms with Gasteiger partial charge in [-0.3, -0.25) is 4.79 Å². The third kappa shape index (κ3) is 5.18. The highest BCUT2D eigenvalue weighted by molar-refractivity contribution is 6.19. The van der Waals surface area contributed by atoms with Crippen LogP contribution in [0.5, 0.6) is 0 Å². The smallest absolute Gasteiger partial charge is 0.221 e. The van der Waals surface area contributed by atoms with E-state index in [9.17, 15) is 4.79 Å². The van der Waals surface area contributed by atoms with Crippen molar-refractivity contribution in [2.45, 2.75) is 38.9 Å². The van der Waals surface area contributed by atoms with Crippen molar-refractivity contribution in [3.05, 3.63) is 72.3 Å². The molecule has 0 aliphatic heterocycles. The van der Waals surface area contributed by atoms with Gasteiger partial charge in [0.2, 0.25) is 5.91 Å². The molecule has 0 saturated heterocycles. The van der Waals surface area contributed by atoms with Crippen LogP contribution in [-0.2, 0) is 16.1 Å². The molecule has 0 saturated carbocycles. The molecule has 1 heterocycles. The van der Waals surface area contributed by atoms with E-state index in [0.717, 1.165) is 51.6 Å². The molecule has 3 aromatic carbocycles. The monoisotopic (exact) mass is 447 g/mol. The van der Waals surface area contributed by atoms with Gasteiger partial charge in [0.15, 0.2) is 0 Å². The Morgan fingerprint density at radius 1 is 1.00 bits per heavy atom. The third-order valence-corrected chi connectivity index (χ3v) is 5.46. The van der Waals surface area contributed by atoms with Crippen LogP contribution in [0, 0.1) is 0 Å². The maximum Gasteiger partial charge on any atom is 0.221 e. The highest BCUT2D eigenvalue weighted by Gasteiger charge is 2.11. The van der Waals surface area contributed by atoms with Crippen LogP contribution >= 0.6 is 11.6 Å². The largest absolute Gasteiger partial charge is 0.358 e. The topological polar surface area (TPSA) is 63.2 Å². The summed E-state index contributed by atoms with van der Waals surface area (Å²) in [6.45, 7) is 3.92. The number of hydrogen-bond donors (Lipinski definition) is 2. The normalized spacial score (nSPS) is 12.1. The first kappa shape index (κ1) is 22.1. The first-order valence-corrected chi connectivity index (χ1v) is 11.2. The Hall–Kier alpha value is -3.15. The van der Waals surface area contributed by atoms with Gasteiger partial charge in [0.05, 0.1) is 23.3 Å². The molecule has 6 heteroatoms. The number of fused-ring (bicyclic) bond motifs is 2. The lowest BCUT2D eigenvalue weighted by molar-refractivity contribution is -0.114. The van der Waals surface area contributed by atoms with Crippen molar-refractivity contribution in [1.29, 1.82) is 0 Å². The van der Waals surface area contributed by atoms with E-state index in [1.54, 1.807) is 0 Å². The molecule has 5 nitrogen and oxygen atoms in total. The predicted molar refractivity (Wildman–Crippen MR) is 133 cm³/mol. The van der Waals surface area contributed by atoms with Gasteiger partial charge in [-0.2, -0.15) is 0 Å². The van der Waals surface area contributed by atoms with Gasteiger partial charge in [-0.05, 0) is 42.3 Å². The number of nitrogens with one attached hydrogen (secondary N) is 2. The number of alkyl halides is 1. The Morgan fingerprint density at radius 2 is 1.62 bits per heavy atom. The van der Waals surface area contributed by atoms with Gasteiger partial charge in [0.25, 0.3) is 0 Å². The number of aromatic nitrogens is 1. The van der Waals surface area contributed by atoms with E-state index in [1.807, 2.05) is 54.6 Å². The van der Waals surface area contributed by atoms with Crippen LogP contribution in [0.1, 0.15) is 32.3 Å². The lowest BCUT2D eigenvalue weighted by atomic mass is 10.1. The first-order chi connectivity index (χ1) is 15.5. The number of carbonyl (C=O) groups is 1. The summed E-state index contributed by atoms with van der Waals surface area (Å²) in [5.74, 6) is -0.130. The third-order valence-electron chi connectivity index (χ3n) is 5.12. The fourth-order valence-corrected chi connectivity index (χ4v) is 4.02. The van der Waals surface area contributed by atoms with E-state index in [2.05, 4.69) is 29.7 Å². The second kappa shape index (κ2) is 9.98. The number of amides is 1. The summed E-state index contributed by atoms with van der Waals surface area (Å²) in [6, 6.07) is 22.0. The number of nitrogens with zero attached hydrogens (tertiary/aromatic N) is 1. The number of halogens is 1. The van der Waals surface area contributed by atoms with E-state index in [0.29, 0.717) is 12.3 Å². The Kier molecular flexibility index (Phi) is 6.88. The van der Waals surface area contributed by atoms with Crippen molar-refractivity contribution in [2.24, 2.45) is 0 Å². The fourth-order valence-electron chi connectivity index (χ4n) is 3.74. The van der Waals surface area contributed by atoms with Gasteiger partial charge >= 0.3 is 0 Å². The van der Waals surface area contributed by atoms with Gasteiger partial charge in [-0.1, -0.05) is 61.3 Å². The minimum absolute atomic E-state index is 0.130. The number of hydrogen-bond acceptors (Lipinski definition) is 4. The van der Waals surface area contributed by atoms with Crippen LogP contribution < -0.4 is 10.6 Å². The zero-order chi connectivity index (χ0) is 22.5. The molecule has 2 N–H and O–H groups in total. The van der Waals surface area contributed by atoms with Gasteiger partial charge in [-0.15, -0.1) is 0 Å². The minimum Gasteiger partial charge on any atom is -0.358 e. The molecular weight excluding hydrogens is 422 g/mol. The van der Waals surface area contributed by atoms with Gasteiger partial charge in [-0.25, -0.2) is 4.98 Å². The fraction of sp³-hybridized carbons (Fsp3) is 0.231. The summed E-state index contributed by atoms with van der Waals surface area (Å²) in [7, 11) is 0. The molecule has 1 aromatic heterocycles. The van der Waals surface area contributed by atoms with Crippen LogP contribution in [0.4, 0.5) is 17.1 Å². The molecule has 1 atom stereocenters. The maximum atomic E-state index is 11.7. The molecule has 164 valence electrons. The van der Waals surface area contributed by atoms with Crippen LogP contribution in [0.15, 0.2) is 66.7 Å². The Morgan fingerprint density at radius 3 is 2.25 bits per heavy atom. The molecule has 0 spiro atoms. The molecule has 0 fully saturated rings. The number of para-hydroxylation sites is 2. The lowest BCUT2D eigenvalue weighted by Crippen LogP contribution is -2.08. The van der Waals surface area contributed by atoms with Crippen LogP contribution in [0.3, 0.4) is 0 Å². The zero-order valence-corrected chi connectivity index (χ0v) is 18.9. The Labute approximate surface area is 192 Å². The molecule has 0 aliphatic carbocycles. The molecule has 32 heavy (non-hydrogen) atoms. The zero-order valence-electron chi connectivity index (χ0n) is 18.2. The van der Waals surface area contributed by atoms with Crippen molar-refractivity contribution in [1.82, 2.24) is 4.98 Å². The average molecular weight is 448 g/mol. The molecule has 4 rings (SSSR count). The summed E-state index contributed by atoms with van der Waals surface area (Å²) in [6.07, 6.45) is 1.74. The SMILES string of the molecule is CCCC(Cl)OCc1cc(NC(C)=O)cc(Nc2c3ccccc3nc3ccccc23)c1. The quantitative estimate of drug-likeness (QED) is 0.226. The van der Waals surface area contributed by atoms with E-state index in [4.69, 9.17) is 21.3 Å². The number of anilines is 3. The molecule has 1 amide bonds. The van der Waals surface area contributed by atoms with Gasteiger partial charge in [0.1, 0.15) is 5.56 Å². The Bertz CT molecular complexity index is 1200. The predicted octanol–water partition coefficient (Wildman–Crippen LogP) is 6.97. The summed E-state index contributed by atoms with van der Waals surface area (Å²) in [5.41, 5.74) is 4.93. The second-order valence-electron chi connectivity index (χ2n) is 7.76. The minimum atomic E-state index is -0.339. The molecule has 0 bridgehead atoms. The van der Waals surface area contributed by atoms with Gasteiger partial charge in [0, 0.05) is 29.1 Å². The maximum absolute atomic E-state index is 11.7. The summed E-state index contributed by atoms with van der Waals surface area (Å²) in [5, 5.41) is 8.51. The van der Waals surface area contributed by atoms with Crippen molar-refractivity contribution in [2.75, 3.05) is 10.6 Å². The number of benzene rings is 3. The highest BCUT2D eigenvalue weighted by atomic mass is 35.5. The van der Waals surface area contributed by atoms with Crippen LogP contribution in [-0.4, -0.2) is 16.5 Å². The average Bonchev–Trinajstić information content (AvgIpc) is 2.77. The lowest BCUT2D eigenvalue weighted by Gasteiger charge is -2.16. The van der Waals surface area contributed by atoms with Crippen molar-refractivity contribution < 1.29 is 9.53 Å². The van der Waals surface area contributed by atoms with Crippen molar-refractivity contribution >= 4 is 56.4 Å². The molecule has 4 aromatic rings. The summed E-state index contributed by atoms with van der Waals surface area (Å²) < 4.78 is 5.79. The molecular formula is C26H26ClN3O2. The summed E-state index contributed by atoms with van der Waals surface area (Å²) in [4.78, 5) is 16.5. The molecule has 0 radical (unpaired) electrons. The van der Waals surface area contributed by atoms with E-state index in [1.165, 1.54) is 6.92 Å². The first-order valence-electron chi connectivity index (χ1n) is 10.7. The van der Waals surface area contributed by atoms with E-state index >= 15 is 0 Å². The van der Waals surface area contributed by atoms with E-state index in [-0.39, 0.29) is 11.5 Å². The highest BCUT2D eigenvalue weighted by Crippen LogP contribution is 2.34. The summed E-state index contributed by atoms with van der Waals surface area (Å²) >= 11 is 6.24. The second-order valence-corrected chi connectivity index (χ2v) is 8.24. The van der Waals surface area contributed by atoms with Gasteiger partial charge < -0.3 is 15.4 Å². The number of carbonyl (C=O) groups excluding carboxylic acids is 1.